The van der Waals surface area contributed by atoms with Crippen LogP contribution in [0.25, 0.3) is 0 Å². The van der Waals surface area contributed by atoms with E-state index < -0.39 is 0 Å². The van der Waals surface area contributed by atoms with E-state index >= 15 is 0 Å². The Bertz CT molecular complexity index is 659. The maximum absolute atomic E-state index is 12.1. The van der Waals surface area contributed by atoms with Gasteiger partial charge in [-0.3, -0.25) is 4.79 Å². The molecule has 4 nitrogen and oxygen atoms in total. The summed E-state index contributed by atoms with van der Waals surface area (Å²) in [6.07, 6.45) is 1.10. The Morgan fingerprint density at radius 1 is 1.32 bits per heavy atom. The molecule has 0 fully saturated rings. The summed E-state index contributed by atoms with van der Waals surface area (Å²) in [7, 11) is 0. The zero-order valence-electron chi connectivity index (χ0n) is 12.9. The number of anilines is 1. The molecule has 0 spiro atoms. The van der Waals surface area contributed by atoms with E-state index in [0.29, 0.717) is 30.0 Å². The average Bonchev–Trinajstić information content (AvgIpc) is 3.06. The molecule has 0 radical (unpaired) electrons. The van der Waals surface area contributed by atoms with Gasteiger partial charge in [-0.05, 0) is 55.1 Å². The van der Waals surface area contributed by atoms with Gasteiger partial charge in [-0.1, -0.05) is 0 Å². The lowest BCUT2D eigenvalue weighted by Crippen LogP contribution is -2.15. The quantitative estimate of drug-likeness (QED) is 0.805. The Morgan fingerprint density at radius 2 is 2.09 bits per heavy atom. The van der Waals surface area contributed by atoms with Crippen molar-refractivity contribution in [3.63, 3.8) is 0 Å². The summed E-state index contributed by atoms with van der Waals surface area (Å²) >= 11 is 3.04. The highest BCUT2D eigenvalue weighted by Gasteiger charge is 2.21. The number of nitrogens with one attached hydrogen (secondary N) is 1. The van der Waals surface area contributed by atoms with Crippen molar-refractivity contribution in [1.82, 2.24) is 0 Å². The molecule has 2 aromatic heterocycles. The minimum absolute atomic E-state index is 0.0852. The molecule has 0 aliphatic heterocycles. The number of carbonyl (C=O) groups excluding carboxylic acids is 2. The van der Waals surface area contributed by atoms with Crippen molar-refractivity contribution < 1.29 is 14.3 Å². The van der Waals surface area contributed by atoms with Crippen LogP contribution in [0, 0.1) is 13.8 Å². The van der Waals surface area contributed by atoms with E-state index in [4.69, 9.17) is 4.74 Å². The van der Waals surface area contributed by atoms with Gasteiger partial charge in [-0.15, -0.1) is 11.3 Å². The summed E-state index contributed by atoms with van der Waals surface area (Å²) < 4.78 is 5.08. The average molecular weight is 337 g/mol. The third-order valence-electron chi connectivity index (χ3n) is 3.34. The van der Waals surface area contributed by atoms with Crippen LogP contribution in [-0.2, 0) is 16.0 Å². The van der Waals surface area contributed by atoms with Crippen LogP contribution < -0.4 is 5.32 Å². The van der Waals surface area contributed by atoms with Crippen molar-refractivity contribution in [2.75, 3.05) is 11.9 Å². The SMILES string of the molecule is CCOC(=O)c1c(NC(=O)CCc2ccsc2)sc(C)c1C. The molecule has 0 saturated carbocycles. The number of hydrogen-bond donors (Lipinski definition) is 1. The molecule has 0 aliphatic rings. The van der Waals surface area contributed by atoms with Gasteiger partial charge in [0.1, 0.15) is 5.00 Å². The normalized spacial score (nSPS) is 10.5. The van der Waals surface area contributed by atoms with Crippen molar-refractivity contribution >= 4 is 39.6 Å². The fourth-order valence-corrected chi connectivity index (χ4v) is 3.81. The third kappa shape index (κ3) is 3.96. The van der Waals surface area contributed by atoms with Crippen molar-refractivity contribution in [1.29, 1.82) is 0 Å². The third-order valence-corrected chi connectivity index (χ3v) is 5.19. The lowest BCUT2D eigenvalue weighted by molar-refractivity contribution is -0.116. The Morgan fingerprint density at radius 3 is 2.73 bits per heavy atom. The Kier molecular flexibility index (Phi) is 5.74. The molecule has 22 heavy (non-hydrogen) atoms. The predicted octanol–water partition coefficient (Wildman–Crippen LogP) is 4.17. The van der Waals surface area contributed by atoms with Crippen LogP contribution in [0.15, 0.2) is 16.8 Å². The van der Waals surface area contributed by atoms with E-state index in [9.17, 15) is 9.59 Å². The molecule has 1 amide bonds. The minimum Gasteiger partial charge on any atom is -0.462 e. The molecule has 0 atom stereocenters. The first kappa shape index (κ1) is 16.7. The molecule has 118 valence electrons. The molecule has 2 rings (SSSR count). The Labute approximate surface area is 138 Å². The van der Waals surface area contributed by atoms with Gasteiger partial charge in [-0.2, -0.15) is 11.3 Å². The van der Waals surface area contributed by atoms with Gasteiger partial charge in [0.2, 0.25) is 5.91 Å². The molecule has 1 N–H and O–H groups in total. The van der Waals surface area contributed by atoms with Crippen molar-refractivity contribution in [2.24, 2.45) is 0 Å². The zero-order chi connectivity index (χ0) is 16.1. The summed E-state index contributed by atoms with van der Waals surface area (Å²) in [4.78, 5) is 25.2. The maximum Gasteiger partial charge on any atom is 0.341 e. The molecule has 2 heterocycles. The van der Waals surface area contributed by atoms with Gasteiger partial charge in [0.25, 0.3) is 0 Å². The molecule has 0 bridgehead atoms. The molecule has 0 aromatic carbocycles. The zero-order valence-corrected chi connectivity index (χ0v) is 14.5. The number of hydrogen-bond acceptors (Lipinski definition) is 5. The van der Waals surface area contributed by atoms with Gasteiger partial charge in [0, 0.05) is 11.3 Å². The van der Waals surface area contributed by atoms with E-state index in [-0.39, 0.29) is 11.9 Å². The van der Waals surface area contributed by atoms with Crippen molar-refractivity contribution in [2.45, 2.75) is 33.6 Å². The predicted molar refractivity (Wildman–Crippen MR) is 91.0 cm³/mol. The van der Waals surface area contributed by atoms with E-state index in [0.717, 1.165) is 16.0 Å². The molecular weight excluding hydrogens is 318 g/mol. The van der Waals surface area contributed by atoms with Crippen LogP contribution in [0.1, 0.15) is 39.7 Å². The minimum atomic E-state index is -0.377. The van der Waals surface area contributed by atoms with E-state index in [1.807, 2.05) is 30.7 Å². The van der Waals surface area contributed by atoms with Crippen LogP contribution in [-0.4, -0.2) is 18.5 Å². The first-order chi connectivity index (χ1) is 10.5. The standard InChI is InChI=1S/C16H19NO3S2/c1-4-20-16(19)14-10(2)11(3)22-15(14)17-13(18)6-5-12-7-8-21-9-12/h7-9H,4-6H2,1-3H3,(H,17,18). The second kappa shape index (κ2) is 7.56. The molecule has 0 aliphatic carbocycles. The van der Waals surface area contributed by atoms with Crippen LogP contribution in [0.4, 0.5) is 5.00 Å². The molecule has 2 aromatic rings. The smallest absolute Gasteiger partial charge is 0.341 e. The number of thiophene rings is 2. The Balaban J connectivity index is 2.06. The second-order valence-electron chi connectivity index (χ2n) is 4.89. The number of carbonyl (C=O) groups is 2. The topological polar surface area (TPSA) is 55.4 Å². The number of aryl methyl sites for hydroxylation is 2. The first-order valence-electron chi connectivity index (χ1n) is 7.11. The Hall–Kier alpha value is -1.66. The van der Waals surface area contributed by atoms with Gasteiger partial charge >= 0.3 is 5.97 Å². The summed E-state index contributed by atoms with van der Waals surface area (Å²) in [6.45, 7) is 5.90. The van der Waals surface area contributed by atoms with Crippen LogP contribution >= 0.6 is 22.7 Å². The lowest BCUT2D eigenvalue weighted by atomic mass is 10.1. The summed E-state index contributed by atoms with van der Waals surface area (Å²) in [5.41, 5.74) is 2.51. The summed E-state index contributed by atoms with van der Waals surface area (Å²) in [5, 5.41) is 7.48. The number of rotatable bonds is 6. The summed E-state index contributed by atoms with van der Waals surface area (Å²) in [5.74, 6) is -0.463. The fourth-order valence-electron chi connectivity index (χ4n) is 2.05. The second-order valence-corrected chi connectivity index (χ2v) is 6.89. The van der Waals surface area contributed by atoms with Gasteiger partial charge < -0.3 is 10.1 Å². The van der Waals surface area contributed by atoms with E-state index in [2.05, 4.69) is 5.32 Å². The van der Waals surface area contributed by atoms with Crippen molar-refractivity contribution in [3.05, 3.63) is 38.4 Å². The highest BCUT2D eigenvalue weighted by molar-refractivity contribution is 7.16. The number of ether oxygens (including phenoxy) is 1. The maximum atomic E-state index is 12.1. The summed E-state index contributed by atoms with van der Waals surface area (Å²) in [6, 6.07) is 2.02. The van der Waals surface area contributed by atoms with Crippen molar-refractivity contribution in [3.8, 4) is 0 Å². The van der Waals surface area contributed by atoms with Crippen LogP contribution in [0.3, 0.4) is 0 Å². The molecule has 0 unspecified atom stereocenters. The van der Waals surface area contributed by atoms with Gasteiger partial charge in [0.15, 0.2) is 0 Å². The van der Waals surface area contributed by atoms with E-state index in [1.54, 1.807) is 18.3 Å². The van der Waals surface area contributed by atoms with Gasteiger partial charge in [-0.25, -0.2) is 4.79 Å². The lowest BCUT2D eigenvalue weighted by Gasteiger charge is -2.07. The van der Waals surface area contributed by atoms with Gasteiger partial charge in [0.05, 0.1) is 12.2 Å². The molecule has 0 saturated heterocycles. The van der Waals surface area contributed by atoms with Crippen LogP contribution in [0.5, 0.6) is 0 Å². The highest BCUT2D eigenvalue weighted by atomic mass is 32.1. The first-order valence-corrected chi connectivity index (χ1v) is 8.86. The monoisotopic (exact) mass is 337 g/mol. The largest absolute Gasteiger partial charge is 0.462 e. The number of esters is 1. The molecular formula is C16H19NO3S2. The fraction of sp³-hybridized carbons (Fsp3) is 0.375. The number of amides is 1. The molecule has 6 heteroatoms. The van der Waals surface area contributed by atoms with E-state index in [1.165, 1.54) is 11.3 Å². The highest BCUT2D eigenvalue weighted by Crippen LogP contribution is 2.33. The van der Waals surface area contributed by atoms with Crippen LogP contribution in [0.2, 0.25) is 0 Å².